The molecule has 2 aliphatic heterocycles. The Morgan fingerprint density at radius 1 is 1.21 bits per heavy atom. The van der Waals surface area contributed by atoms with Gasteiger partial charge in [-0.2, -0.15) is 0 Å². The molecule has 5 atom stereocenters. The summed E-state index contributed by atoms with van der Waals surface area (Å²) in [5.74, 6) is 1.13. The van der Waals surface area contributed by atoms with Crippen LogP contribution in [0.25, 0.3) is 0 Å². The highest BCUT2D eigenvalue weighted by Gasteiger charge is 2.64. The summed E-state index contributed by atoms with van der Waals surface area (Å²) < 4.78 is 23.6. The summed E-state index contributed by atoms with van der Waals surface area (Å²) in [4.78, 5) is 25.8. The zero-order chi connectivity index (χ0) is 23.9. The average molecular weight is 470 g/mol. The SMILES string of the molecule is CCOC(=O)CCCCCOC1C=C[C@H]2[C@H]3Cc4ccc(OC(C)=O)c5c4[C@@]2(CCN3C)[C@H]1O5. The smallest absolute Gasteiger partial charge is 0.308 e. The van der Waals surface area contributed by atoms with E-state index in [2.05, 4.69) is 30.2 Å². The van der Waals surface area contributed by atoms with E-state index >= 15 is 0 Å². The molecule has 1 saturated heterocycles. The summed E-state index contributed by atoms with van der Waals surface area (Å²) in [6, 6.07) is 4.43. The van der Waals surface area contributed by atoms with Crippen molar-refractivity contribution in [3.05, 3.63) is 35.4 Å². The summed E-state index contributed by atoms with van der Waals surface area (Å²) in [6.45, 7) is 5.30. The third kappa shape index (κ3) is 3.83. The Hall–Kier alpha value is -2.38. The number of esters is 2. The summed E-state index contributed by atoms with van der Waals surface area (Å²) in [5, 5.41) is 0. The van der Waals surface area contributed by atoms with E-state index in [9.17, 15) is 9.59 Å². The number of unbranched alkanes of at least 4 members (excludes halogenated alkanes) is 2. The fourth-order valence-electron chi connectivity index (χ4n) is 6.59. The van der Waals surface area contributed by atoms with Gasteiger partial charge in [0.2, 0.25) is 0 Å². The predicted octanol–water partition coefficient (Wildman–Crippen LogP) is 3.57. The van der Waals surface area contributed by atoms with Gasteiger partial charge in [0, 0.05) is 42.9 Å². The van der Waals surface area contributed by atoms with Crippen molar-refractivity contribution in [3.63, 3.8) is 0 Å². The third-order valence-electron chi connectivity index (χ3n) is 8.01. The number of hydrogen-bond acceptors (Lipinski definition) is 7. The van der Waals surface area contributed by atoms with Crippen LogP contribution in [0.5, 0.6) is 11.5 Å². The summed E-state index contributed by atoms with van der Waals surface area (Å²) >= 11 is 0. The molecule has 0 radical (unpaired) electrons. The number of carbonyl (C=O) groups excluding carboxylic acids is 2. The molecular formula is C27H35NO6. The van der Waals surface area contributed by atoms with E-state index in [1.54, 1.807) is 0 Å². The van der Waals surface area contributed by atoms with Crippen molar-refractivity contribution in [2.75, 3.05) is 26.8 Å². The average Bonchev–Trinajstić information content (AvgIpc) is 3.15. The fourth-order valence-corrected chi connectivity index (χ4v) is 6.59. The highest BCUT2D eigenvalue weighted by atomic mass is 16.6. The van der Waals surface area contributed by atoms with Crippen LogP contribution >= 0.6 is 0 Å². The molecule has 0 aromatic heterocycles. The maximum Gasteiger partial charge on any atom is 0.308 e. The van der Waals surface area contributed by atoms with E-state index < -0.39 is 0 Å². The molecule has 5 rings (SSSR count). The van der Waals surface area contributed by atoms with Gasteiger partial charge in [-0.1, -0.05) is 24.6 Å². The molecule has 0 N–H and O–H groups in total. The van der Waals surface area contributed by atoms with Gasteiger partial charge in [0.25, 0.3) is 0 Å². The van der Waals surface area contributed by atoms with Crippen molar-refractivity contribution in [2.24, 2.45) is 5.92 Å². The molecule has 7 heteroatoms. The lowest BCUT2D eigenvalue weighted by atomic mass is 9.53. The summed E-state index contributed by atoms with van der Waals surface area (Å²) in [7, 11) is 2.22. The topological polar surface area (TPSA) is 74.3 Å². The van der Waals surface area contributed by atoms with E-state index in [-0.39, 0.29) is 29.6 Å². The molecule has 0 amide bonds. The zero-order valence-electron chi connectivity index (χ0n) is 20.4. The van der Waals surface area contributed by atoms with Gasteiger partial charge in [0.1, 0.15) is 12.2 Å². The van der Waals surface area contributed by atoms with E-state index in [1.807, 2.05) is 13.0 Å². The molecule has 1 aromatic carbocycles. The third-order valence-corrected chi connectivity index (χ3v) is 8.01. The molecule has 4 aliphatic rings. The highest BCUT2D eigenvalue weighted by Crippen LogP contribution is 2.62. The molecule has 1 aromatic rings. The van der Waals surface area contributed by atoms with Gasteiger partial charge >= 0.3 is 11.9 Å². The van der Waals surface area contributed by atoms with Crippen molar-refractivity contribution in [1.82, 2.24) is 4.90 Å². The number of likely N-dealkylation sites (tertiary alicyclic amines) is 1. The Kier molecular flexibility index (Phi) is 6.42. The first kappa shape index (κ1) is 23.4. The van der Waals surface area contributed by atoms with Gasteiger partial charge in [0.15, 0.2) is 11.5 Å². The van der Waals surface area contributed by atoms with E-state index in [0.717, 1.165) is 44.4 Å². The molecule has 7 nitrogen and oxygen atoms in total. The highest BCUT2D eigenvalue weighted by molar-refractivity contribution is 5.72. The Morgan fingerprint density at radius 3 is 2.85 bits per heavy atom. The van der Waals surface area contributed by atoms with Crippen LogP contribution in [0.3, 0.4) is 0 Å². The lowest BCUT2D eigenvalue weighted by molar-refractivity contribution is -0.143. The predicted molar refractivity (Wildman–Crippen MR) is 126 cm³/mol. The number of ether oxygens (including phenoxy) is 4. The van der Waals surface area contributed by atoms with Crippen LogP contribution in [0, 0.1) is 5.92 Å². The summed E-state index contributed by atoms with van der Waals surface area (Å²) in [6.07, 6.45) is 9.27. The van der Waals surface area contributed by atoms with Crippen LogP contribution in [0.4, 0.5) is 0 Å². The first-order valence-electron chi connectivity index (χ1n) is 12.6. The van der Waals surface area contributed by atoms with Gasteiger partial charge in [-0.25, -0.2) is 0 Å². The molecule has 34 heavy (non-hydrogen) atoms. The van der Waals surface area contributed by atoms with E-state index in [4.69, 9.17) is 18.9 Å². The van der Waals surface area contributed by atoms with Gasteiger partial charge in [0.05, 0.1) is 6.61 Å². The van der Waals surface area contributed by atoms with Crippen LogP contribution in [-0.2, 0) is 30.9 Å². The van der Waals surface area contributed by atoms with Crippen LogP contribution in [0.1, 0.15) is 57.1 Å². The Bertz CT molecular complexity index is 990. The number of benzene rings is 1. The molecule has 1 fully saturated rings. The second kappa shape index (κ2) is 9.34. The minimum atomic E-state index is -0.338. The number of nitrogens with zero attached hydrogens (tertiary/aromatic N) is 1. The lowest BCUT2D eigenvalue weighted by Gasteiger charge is -2.56. The quantitative estimate of drug-likeness (QED) is 0.237. The van der Waals surface area contributed by atoms with Crippen molar-refractivity contribution in [2.45, 2.75) is 76.0 Å². The van der Waals surface area contributed by atoms with Crippen molar-refractivity contribution in [3.8, 4) is 11.5 Å². The standard InChI is InChI=1S/C27H35NO6/c1-4-31-23(30)8-6-5-7-15-32-22-12-10-19-20-16-18-9-11-21(33-17(2)29)25-24(18)27(19,26(22)34-25)13-14-28(20)3/h9-12,19-20,22,26H,4-8,13-16H2,1-3H3/t19-,20+,22?,26-,27-/m0/s1. The van der Waals surface area contributed by atoms with Gasteiger partial charge < -0.3 is 23.8 Å². The van der Waals surface area contributed by atoms with Gasteiger partial charge in [-0.15, -0.1) is 0 Å². The van der Waals surface area contributed by atoms with Crippen molar-refractivity contribution >= 4 is 11.9 Å². The normalized spacial score (nSPS) is 30.4. The molecule has 2 bridgehead atoms. The van der Waals surface area contributed by atoms with Gasteiger partial charge in [-0.05, 0) is 57.8 Å². The molecule has 1 unspecified atom stereocenters. The largest absolute Gasteiger partial charge is 0.482 e. The Balaban J connectivity index is 1.34. The molecule has 0 saturated carbocycles. The molecular weight excluding hydrogens is 434 g/mol. The monoisotopic (exact) mass is 469 g/mol. The summed E-state index contributed by atoms with van der Waals surface area (Å²) in [5.41, 5.74) is 2.38. The molecule has 2 heterocycles. The minimum Gasteiger partial charge on any atom is -0.482 e. The first-order chi connectivity index (χ1) is 16.5. The fraction of sp³-hybridized carbons (Fsp3) is 0.630. The second-order valence-electron chi connectivity index (χ2n) is 9.96. The zero-order valence-corrected chi connectivity index (χ0v) is 20.4. The maximum atomic E-state index is 11.8. The van der Waals surface area contributed by atoms with Crippen LogP contribution in [0.15, 0.2) is 24.3 Å². The molecule has 184 valence electrons. The number of rotatable bonds is 9. The number of piperidine rings is 1. The minimum absolute atomic E-state index is 0.130. The number of carbonyl (C=O) groups is 2. The van der Waals surface area contributed by atoms with Crippen LogP contribution in [0.2, 0.25) is 0 Å². The number of hydrogen-bond donors (Lipinski definition) is 0. The van der Waals surface area contributed by atoms with E-state index in [0.29, 0.717) is 37.3 Å². The maximum absolute atomic E-state index is 11.8. The molecule has 2 aliphatic carbocycles. The first-order valence-corrected chi connectivity index (χ1v) is 12.6. The molecule has 1 spiro atoms. The van der Waals surface area contributed by atoms with Gasteiger partial charge in [-0.3, -0.25) is 9.59 Å². The van der Waals surface area contributed by atoms with E-state index in [1.165, 1.54) is 18.1 Å². The van der Waals surface area contributed by atoms with Crippen LogP contribution < -0.4 is 9.47 Å². The lowest BCUT2D eigenvalue weighted by Crippen LogP contribution is -2.65. The Morgan fingerprint density at radius 2 is 2.06 bits per heavy atom. The van der Waals surface area contributed by atoms with Crippen molar-refractivity contribution < 1.29 is 28.5 Å². The van der Waals surface area contributed by atoms with Crippen molar-refractivity contribution in [1.29, 1.82) is 0 Å². The second-order valence-corrected chi connectivity index (χ2v) is 9.96. The van der Waals surface area contributed by atoms with Crippen LogP contribution in [-0.4, -0.2) is 61.9 Å². The Labute approximate surface area is 201 Å². The number of likely N-dealkylation sites (N-methyl/N-ethyl adjacent to an activating group) is 1.